The summed E-state index contributed by atoms with van der Waals surface area (Å²) in [6, 6.07) is 4.31. The van der Waals surface area contributed by atoms with Crippen LogP contribution >= 0.6 is 23.6 Å². The van der Waals surface area contributed by atoms with Gasteiger partial charge in [-0.05, 0) is 43.8 Å². The third-order valence-corrected chi connectivity index (χ3v) is 4.63. The van der Waals surface area contributed by atoms with Crippen LogP contribution in [0.5, 0.6) is 5.75 Å². The van der Waals surface area contributed by atoms with Gasteiger partial charge in [-0.15, -0.1) is 11.3 Å². The maximum atomic E-state index is 13.4. The van der Waals surface area contributed by atoms with E-state index in [4.69, 9.17) is 17.0 Å². The van der Waals surface area contributed by atoms with Gasteiger partial charge >= 0.3 is 0 Å². The molecule has 2 rings (SSSR count). The third kappa shape index (κ3) is 3.92. The smallest absolute Gasteiger partial charge is 0.225 e. The van der Waals surface area contributed by atoms with Crippen LogP contribution in [0.3, 0.4) is 0 Å². The SMILES string of the molecule is COc1cc(C(C)NC(=O)Cc2sc(=S)[nH]c2C)ccc1F. The van der Waals surface area contributed by atoms with Gasteiger partial charge in [-0.1, -0.05) is 6.07 Å². The first kappa shape index (κ1) is 16.6. The lowest BCUT2D eigenvalue weighted by atomic mass is 10.1. The van der Waals surface area contributed by atoms with Crippen molar-refractivity contribution < 1.29 is 13.9 Å². The number of aromatic nitrogens is 1. The minimum Gasteiger partial charge on any atom is -0.494 e. The summed E-state index contributed by atoms with van der Waals surface area (Å²) in [5, 5.41) is 2.89. The summed E-state index contributed by atoms with van der Waals surface area (Å²) in [7, 11) is 1.41. The van der Waals surface area contributed by atoms with Crippen molar-refractivity contribution >= 4 is 29.5 Å². The highest BCUT2D eigenvalue weighted by Crippen LogP contribution is 2.23. The van der Waals surface area contributed by atoms with Crippen LogP contribution < -0.4 is 10.1 Å². The number of nitrogens with one attached hydrogen (secondary N) is 2. The molecule has 7 heteroatoms. The van der Waals surface area contributed by atoms with Crippen molar-refractivity contribution in [3.05, 3.63) is 44.1 Å². The van der Waals surface area contributed by atoms with Gasteiger partial charge in [0.1, 0.15) is 0 Å². The van der Waals surface area contributed by atoms with Crippen LogP contribution in [-0.4, -0.2) is 18.0 Å². The van der Waals surface area contributed by atoms with Crippen molar-refractivity contribution in [2.24, 2.45) is 0 Å². The molecule has 0 fully saturated rings. The zero-order valence-corrected chi connectivity index (χ0v) is 14.2. The molecule has 2 N–H and O–H groups in total. The Hall–Kier alpha value is -1.73. The first-order valence-corrected chi connectivity index (χ1v) is 7.94. The van der Waals surface area contributed by atoms with E-state index in [9.17, 15) is 9.18 Å². The van der Waals surface area contributed by atoms with Crippen LogP contribution in [0, 0.1) is 16.7 Å². The lowest BCUT2D eigenvalue weighted by Crippen LogP contribution is -2.28. The van der Waals surface area contributed by atoms with Crippen LogP contribution in [0.2, 0.25) is 0 Å². The fourth-order valence-electron chi connectivity index (χ4n) is 2.07. The van der Waals surface area contributed by atoms with Gasteiger partial charge in [-0.3, -0.25) is 4.79 Å². The molecule has 1 amide bonds. The number of thiazole rings is 1. The molecule has 1 aromatic carbocycles. The van der Waals surface area contributed by atoms with E-state index >= 15 is 0 Å². The zero-order valence-electron chi connectivity index (χ0n) is 12.5. The molecule has 118 valence electrons. The maximum Gasteiger partial charge on any atom is 0.225 e. The van der Waals surface area contributed by atoms with Crippen molar-refractivity contribution in [2.75, 3.05) is 7.11 Å². The number of aryl methyl sites for hydroxylation is 1. The normalized spacial score (nSPS) is 12.0. The molecule has 1 heterocycles. The van der Waals surface area contributed by atoms with E-state index in [1.165, 1.54) is 24.5 Å². The molecule has 1 unspecified atom stereocenters. The standard InChI is InChI=1S/C15H17FN2O2S2/c1-8(10-4-5-11(16)12(6-10)20-3)17-14(19)7-13-9(2)18-15(21)22-13/h4-6,8H,7H2,1-3H3,(H,17,19)(H,18,21). The van der Waals surface area contributed by atoms with E-state index in [0.717, 1.165) is 16.1 Å². The number of halogens is 1. The molecule has 0 saturated heterocycles. The summed E-state index contributed by atoms with van der Waals surface area (Å²) < 4.78 is 19.0. The molecule has 0 aliphatic rings. The Morgan fingerprint density at radius 3 is 2.86 bits per heavy atom. The fourth-order valence-corrected chi connectivity index (χ4v) is 3.36. The molecule has 0 saturated carbocycles. The minimum atomic E-state index is -0.424. The molecule has 0 radical (unpaired) electrons. The number of amides is 1. The molecule has 4 nitrogen and oxygen atoms in total. The van der Waals surface area contributed by atoms with E-state index < -0.39 is 5.82 Å². The molecule has 1 aromatic heterocycles. The van der Waals surface area contributed by atoms with Crippen LogP contribution in [0.1, 0.15) is 29.1 Å². The summed E-state index contributed by atoms with van der Waals surface area (Å²) >= 11 is 6.46. The summed E-state index contributed by atoms with van der Waals surface area (Å²) in [6.07, 6.45) is 0.270. The minimum absolute atomic E-state index is 0.107. The van der Waals surface area contributed by atoms with E-state index in [1.807, 2.05) is 13.8 Å². The third-order valence-electron chi connectivity index (χ3n) is 3.30. The van der Waals surface area contributed by atoms with Gasteiger partial charge in [0.25, 0.3) is 0 Å². The average molecular weight is 340 g/mol. The van der Waals surface area contributed by atoms with Crippen molar-refractivity contribution in [3.8, 4) is 5.75 Å². The first-order chi connectivity index (χ1) is 10.4. The maximum absolute atomic E-state index is 13.4. The Bertz CT molecular complexity index is 739. The number of methoxy groups -OCH3 is 1. The van der Waals surface area contributed by atoms with Crippen LogP contribution in [0.4, 0.5) is 4.39 Å². The molecule has 0 bridgehead atoms. The van der Waals surface area contributed by atoms with E-state index in [1.54, 1.807) is 12.1 Å². The first-order valence-electron chi connectivity index (χ1n) is 6.72. The molecular formula is C15H17FN2O2S2. The van der Waals surface area contributed by atoms with E-state index in [-0.39, 0.29) is 24.1 Å². The van der Waals surface area contributed by atoms with Gasteiger partial charge in [0.2, 0.25) is 5.91 Å². The average Bonchev–Trinajstić information content (AvgIpc) is 2.77. The second-order valence-corrected chi connectivity index (χ2v) is 6.69. The van der Waals surface area contributed by atoms with Crippen molar-refractivity contribution in [1.29, 1.82) is 0 Å². The Morgan fingerprint density at radius 2 is 2.27 bits per heavy atom. The Morgan fingerprint density at radius 1 is 1.55 bits per heavy atom. The van der Waals surface area contributed by atoms with Crippen molar-refractivity contribution in [2.45, 2.75) is 26.3 Å². The second kappa shape index (κ2) is 7.02. The van der Waals surface area contributed by atoms with Gasteiger partial charge in [0.05, 0.1) is 19.6 Å². The number of carbonyl (C=O) groups excluding carboxylic acids is 1. The molecule has 1 atom stereocenters. The largest absolute Gasteiger partial charge is 0.494 e. The Kier molecular flexibility index (Phi) is 5.31. The molecule has 0 spiro atoms. The van der Waals surface area contributed by atoms with Crippen LogP contribution in [0.15, 0.2) is 18.2 Å². The predicted molar refractivity (Wildman–Crippen MR) is 87.5 cm³/mol. The highest BCUT2D eigenvalue weighted by Gasteiger charge is 2.14. The highest BCUT2D eigenvalue weighted by atomic mass is 32.1. The summed E-state index contributed by atoms with van der Waals surface area (Å²) in [5.41, 5.74) is 1.70. The van der Waals surface area contributed by atoms with Crippen molar-refractivity contribution in [3.63, 3.8) is 0 Å². The van der Waals surface area contributed by atoms with Gasteiger partial charge in [-0.2, -0.15) is 0 Å². The predicted octanol–water partition coefficient (Wildman–Crippen LogP) is 3.68. The topological polar surface area (TPSA) is 54.1 Å². The van der Waals surface area contributed by atoms with Crippen molar-refractivity contribution in [1.82, 2.24) is 10.3 Å². The van der Waals surface area contributed by atoms with E-state index in [0.29, 0.717) is 3.95 Å². The van der Waals surface area contributed by atoms with Gasteiger partial charge in [0, 0.05) is 10.6 Å². The molecule has 22 heavy (non-hydrogen) atoms. The zero-order chi connectivity index (χ0) is 16.3. The number of ether oxygens (including phenoxy) is 1. The van der Waals surface area contributed by atoms with Gasteiger partial charge < -0.3 is 15.0 Å². The number of carbonyl (C=O) groups is 1. The Balaban J connectivity index is 2.05. The number of H-pyrrole nitrogens is 1. The number of rotatable bonds is 5. The number of benzene rings is 1. The van der Waals surface area contributed by atoms with Gasteiger partial charge in [0.15, 0.2) is 15.5 Å². The summed E-state index contributed by atoms with van der Waals surface area (Å²) in [5.74, 6) is -0.366. The van der Waals surface area contributed by atoms with Gasteiger partial charge in [-0.25, -0.2) is 4.39 Å². The van der Waals surface area contributed by atoms with E-state index in [2.05, 4.69) is 10.3 Å². The monoisotopic (exact) mass is 340 g/mol. The number of hydrogen-bond acceptors (Lipinski definition) is 4. The molecule has 0 aliphatic carbocycles. The van der Waals surface area contributed by atoms with Crippen LogP contribution in [0.25, 0.3) is 0 Å². The van der Waals surface area contributed by atoms with Crippen LogP contribution in [-0.2, 0) is 11.2 Å². The Labute approximate surface area is 137 Å². The second-order valence-electron chi connectivity index (χ2n) is 4.92. The number of aromatic amines is 1. The fraction of sp³-hybridized carbons (Fsp3) is 0.333. The summed E-state index contributed by atoms with van der Waals surface area (Å²) in [4.78, 5) is 16.1. The molecular weight excluding hydrogens is 323 g/mol. The molecule has 2 aromatic rings. The lowest BCUT2D eigenvalue weighted by molar-refractivity contribution is -0.121. The highest BCUT2D eigenvalue weighted by molar-refractivity contribution is 7.73. The summed E-state index contributed by atoms with van der Waals surface area (Å²) in [6.45, 7) is 3.74. The quantitative estimate of drug-likeness (QED) is 0.817. The molecule has 0 aliphatic heterocycles. The lowest BCUT2D eigenvalue weighted by Gasteiger charge is -2.15. The number of hydrogen-bond donors (Lipinski definition) is 2.